The van der Waals surface area contributed by atoms with Crippen LogP contribution in [0.2, 0.25) is 0 Å². The predicted molar refractivity (Wildman–Crippen MR) is 68.2 cm³/mol. The molecule has 2 nitrogen and oxygen atoms in total. The van der Waals surface area contributed by atoms with Crippen LogP contribution in [0, 0.1) is 0 Å². The molecule has 2 rings (SSSR count). The maximum atomic E-state index is 9.84. The fourth-order valence-electron chi connectivity index (χ4n) is 1.39. The first-order valence-electron chi connectivity index (χ1n) is 5.11. The van der Waals surface area contributed by atoms with E-state index in [1.807, 2.05) is 47.2 Å². The minimum absolute atomic E-state index is 0.403. The van der Waals surface area contributed by atoms with Gasteiger partial charge in [0.2, 0.25) is 0 Å². The second-order valence-electron chi connectivity index (χ2n) is 3.48. The lowest BCUT2D eigenvalue weighted by Crippen LogP contribution is -2.01. The number of nitrogens with zero attached hydrogens (tertiary/aromatic N) is 1. The number of thiophene rings is 1. The van der Waals surface area contributed by atoms with Gasteiger partial charge >= 0.3 is 0 Å². The van der Waals surface area contributed by atoms with Crippen molar-refractivity contribution in [1.82, 2.24) is 0 Å². The highest BCUT2D eigenvalue weighted by Crippen LogP contribution is 2.12. The summed E-state index contributed by atoms with van der Waals surface area (Å²) in [5, 5.41) is 13.9. The van der Waals surface area contributed by atoms with Gasteiger partial charge in [0.25, 0.3) is 0 Å². The third kappa shape index (κ3) is 3.02. The van der Waals surface area contributed by atoms with Crippen LogP contribution in [0.4, 0.5) is 0 Å². The Morgan fingerprint density at radius 2 is 2.06 bits per heavy atom. The molecular weight excluding hydrogens is 218 g/mol. The van der Waals surface area contributed by atoms with Crippen LogP contribution in [0.15, 0.2) is 52.2 Å². The van der Waals surface area contributed by atoms with Crippen molar-refractivity contribution < 1.29 is 5.11 Å². The second kappa shape index (κ2) is 5.58. The summed E-state index contributed by atoms with van der Waals surface area (Å²) >= 11 is 1.64. The molecule has 0 bridgehead atoms. The van der Waals surface area contributed by atoms with E-state index in [1.165, 1.54) is 0 Å². The van der Waals surface area contributed by atoms with Gasteiger partial charge in [0.05, 0.1) is 12.6 Å². The number of aliphatic hydroxyl groups excluding tert-OH is 1. The molecule has 2 aromatic rings. The van der Waals surface area contributed by atoms with Crippen LogP contribution in [0.3, 0.4) is 0 Å². The Labute approximate surface area is 98.9 Å². The Hall–Kier alpha value is -1.45. The number of aliphatic imine (C=N–C) groups is 1. The van der Waals surface area contributed by atoms with Crippen LogP contribution < -0.4 is 0 Å². The largest absolute Gasteiger partial charge is 0.386 e. The van der Waals surface area contributed by atoms with E-state index in [9.17, 15) is 5.11 Å². The number of aliphatic hydroxyl groups is 1. The van der Waals surface area contributed by atoms with E-state index in [-0.39, 0.29) is 0 Å². The van der Waals surface area contributed by atoms with Gasteiger partial charge in [0.1, 0.15) is 0 Å². The fourth-order valence-corrected chi connectivity index (χ4v) is 2.00. The first-order chi connectivity index (χ1) is 7.86. The van der Waals surface area contributed by atoms with Crippen LogP contribution in [0.1, 0.15) is 17.2 Å². The summed E-state index contributed by atoms with van der Waals surface area (Å²) in [6.07, 6.45) is 1.28. The molecule has 3 heteroatoms. The van der Waals surface area contributed by atoms with Gasteiger partial charge in [-0.2, -0.15) is 11.3 Å². The molecule has 1 aromatic carbocycles. The van der Waals surface area contributed by atoms with Gasteiger partial charge in [0.15, 0.2) is 0 Å². The molecule has 0 fully saturated rings. The molecule has 0 aliphatic carbocycles. The second-order valence-corrected chi connectivity index (χ2v) is 4.26. The smallest absolute Gasteiger partial charge is 0.0985 e. The molecule has 1 heterocycles. The van der Waals surface area contributed by atoms with Crippen LogP contribution in [-0.4, -0.2) is 17.9 Å². The van der Waals surface area contributed by atoms with Crippen LogP contribution in [-0.2, 0) is 0 Å². The number of rotatable bonds is 4. The summed E-state index contributed by atoms with van der Waals surface area (Å²) in [6.45, 7) is 0.403. The maximum Gasteiger partial charge on any atom is 0.0985 e. The van der Waals surface area contributed by atoms with Crippen LogP contribution >= 0.6 is 11.3 Å². The fraction of sp³-hybridized carbons (Fsp3) is 0.154. The van der Waals surface area contributed by atoms with Gasteiger partial charge in [-0.15, -0.1) is 0 Å². The first-order valence-corrected chi connectivity index (χ1v) is 6.05. The van der Waals surface area contributed by atoms with E-state index in [1.54, 1.807) is 17.6 Å². The number of hydrogen-bond donors (Lipinski definition) is 1. The molecule has 1 N–H and O–H groups in total. The Bertz CT molecular complexity index is 436. The zero-order chi connectivity index (χ0) is 11.2. The van der Waals surface area contributed by atoms with Crippen molar-refractivity contribution in [3.8, 4) is 0 Å². The van der Waals surface area contributed by atoms with Gasteiger partial charge in [-0.05, 0) is 22.4 Å². The highest BCUT2D eigenvalue weighted by Gasteiger charge is 2.04. The summed E-state index contributed by atoms with van der Waals surface area (Å²) < 4.78 is 0. The molecule has 0 radical (unpaired) electrons. The average Bonchev–Trinajstić information content (AvgIpc) is 2.83. The molecule has 1 unspecified atom stereocenters. The molecule has 1 aromatic heterocycles. The van der Waals surface area contributed by atoms with E-state index < -0.39 is 6.10 Å². The van der Waals surface area contributed by atoms with Crippen molar-refractivity contribution >= 4 is 17.6 Å². The van der Waals surface area contributed by atoms with Crippen molar-refractivity contribution in [2.24, 2.45) is 4.99 Å². The van der Waals surface area contributed by atoms with E-state index in [0.717, 1.165) is 11.1 Å². The molecule has 0 saturated carbocycles. The van der Waals surface area contributed by atoms with Gasteiger partial charge in [-0.1, -0.05) is 30.3 Å². The van der Waals surface area contributed by atoms with Crippen LogP contribution in [0.5, 0.6) is 0 Å². The number of benzene rings is 1. The molecule has 16 heavy (non-hydrogen) atoms. The molecule has 0 amide bonds. The van der Waals surface area contributed by atoms with E-state index in [4.69, 9.17) is 0 Å². The Kier molecular flexibility index (Phi) is 3.86. The lowest BCUT2D eigenvalue weighted by atomic mass is 10.1. The summed E-state index contributed by atoms with van der Waals surface area (Å²) in [7, 11) is 0. The predicted octanol–water partition coefficient (Wildman–Crippen LogP) is 2.90. The van der Waals surface area contributed by atoms with Crippen molar-refractivity contribution in [2.75, 3.05) is 6.54 Å². The monoisotopic (exact) mass is 231 g/mol. The average molecular weight is 231 g/mol. The summed E-state index contributed by atoms with van der Waals surface area (Å²) in [5.41, 5.74) is 2.00. The third-order valence-corrected chi connectivity index (χ3v) is 2.95. The summed E-state index contributed by atoms with van der Waals surface area (Å²) in [5.74, 6) is 0. The van der Waals surface area contributed by atoms with Gasteiger partial charge in [-0.3, -0.25) is 4.99 Å². The van der Waals surface area contributed by atoms with Gasteiger partial charge in [-0.25, -0.2) is 0 Å². The Morgan fingerprint density at radius 1 is 1.25 bits per heavy atom. The van der Waals surface area contributed by atoms with Gasteiger partial charge in [0, 0.05) is 11.8 Å². The van der Waals surface area contributed by atoms with Gasteiger partial charge < -0.3 is 5.11 Å². The molecule has 0 aliphatic heterocycles. The number of hydrogen-bond acceptors (Lipinski definition) is 3. The maximum absolute atomic E-state index is 9.84. The van der Waals surface area contributed by atoms with Crippen molar-refractivity contribution in [1.29, 1.82) is 0 Å². The highest BCUT2D eigenvalue weighted by atomic mass is 32.1. The van der Waals surface area contributed by atoms with Crippen molar-refractivity contribution in [3.05, 3.63) is 58.3 Å². The normalized spacial score (nSPS) is 13.1. The lowest BCUT2D eigenvalue weighted by molar-refractivity contribution is 0.187. The summed E-state index contributed by atoms with van der Waals surface area (Å²) in [4.78, 5) is 4.22. The topological polar surface area (TPSA) is 32.6 Å². The Balaban J connectivity index is 1.91. The van der Waals surface area contributed by atoms with Crippen molar-refractivity contribution in [3.63, 3.8) is 0 Å². The van der Waals surface area contributed by atoms with Crippen LogP contribution in [0.25, 0.3) is 0 Å². The summed E-state index contributed by atoms with van der Waals surface area (Å²) in [6, 6.07) is 11.6. The van der Waals surface area contributed by atoms with Crippen molar-refractivity contribution in [2.45, 2.75) is 6.10 Å². The SMILES string of the molecule is OC(CN=Cc1ccsc1)c1ccccc1. The molecule has 0 spiro atoms. The minimum atomic E-state index is -0.518. The molecule has 0 aliphatic rings. The zero-order valence-electron chi connectivity index (χ0n) is 8.78. The first kappa shape index (κ1) is 11.0. The highest BCUT2D eigenvalue weighted by molar-refractivity contribution is 7.08. The van der Waals surface area contributed by atoms with E-state index >= 15 is 0 Å². The minimum Gasteiger partial charge on any atom is -0.386 e. The van der Waals surface area contributed by atoms with E-state index in [0.29, 0.717) is 6.54 Å². The zero-order valence-corrected chi connectivity index (χ0v) is 9.60. The lowest BCUT2D eigenvalue weighted by Gasteiger charge is -2.06. The standard InChI is InChI=1S/C13H13NOS/c15-13(12-4-2-1-3-5-12)9-14-8-11-6-7-16-10-11/h1-8,10,13,15H,9H2. The molecule has 1 atom stereocenters. The quantitative estimate of drug-likeness (QED) is 0.806. The molecule has 0 saturated heterocycles. The third-order valence-electron chi connectivity index (χ3n) is 2.25. The Morgan fingerprint density at radius 3 is 2.75 bits per heavy atom. The van der Waals surface area contributed by atoms with E-state index in [2.05, 4.69) is 4.99 Å². The molecular formula is C13H13NOS. The molecule has 82 valence electrons.